The minimum Gasteiger partial charge on any atom is -0.360 e. The molecule has 1 aromatic heterocycles. The summed E-state index contributed by atoms with van der Waals surface area (Å²) in [6.45, 7) is 2.42. The van der Waals surface area contributed by atoms with Crippen molar-refractivity contribution in [2.24, 2.45) is 5.92 Å². The first-order valence-corrected chi connectivity index (χ1v) is 7.57. The van der Waals surface area contributed by atoms with Crippen molar-refractivity contribution in [3.63, 3.8) is 0 Å². The third-order valence-corrected chi connectivity index (χ3v) is 5.52. The average Bonchev–Trinajstić information content (AvgIpc) is 2.68. The van der Waals surface area contributed by atoms with Crippen molar-refractivity contribution in [1.29, 1.82) is 0 Å². The minimum atomic E-state index is -4.38. The minimum absolute atomic E-state index is 0.0445. The number of halogens is 3. The van der Waals surface area contributed by atoms with E-state index >= 15 is 0 Å². The van der Waals surface area contributed by atoms with Crippen molar-refractivity contribution in [2.45, 2.75) is 37.8 Å². The molecule has 0 aliphatic carbocycles. The van der Waals surface area contributed by atoms with Gasteiger partial charge in [-0.25, -0.2) is 8.42 Å². The van der Waals surface area contributed by atoms with Gasteiger partial charge in [-0.15, -0.1) is 0 Å². The Morgan fingerprint density at radius 3 is 2.50 bits per heavy atom. The third kappa shape index (κ3) is 2.69. The summed E-state index contributed by atoms with van der Waals surface area (Å²) in [6.07, 6.45) is -4.24. The Kier molecular flexibility index (Phi) is 3.85. The largest absolute Gasteiger partial charge is 0.393 e. The van der Waals surface area contributed by atoms with E-state index in [1.54, 1.807) is 0 Å². The van der Waals surface area contributed by atoms with Gasteiger partial charge in [0.05, 0.1) is 5.92 Å². The van der Waals surface area contributed by atoms with Gasteiger partial charge < -0.3 is 4.52 Å². The monoisotopic (exact) mass is 312 g/mol. The van der Waals surface area contributed by atoms with Gasteiger partial charge in [0.25, 0.3) is 0 Å². The highest BCUT2D eigenvalue weighted by atomic mass is 32.2. The fourth-order valence-corrected chi connectivity index (χ4v) is 4.21. The van der Waals surface area contributed by atoms with Gasteiger partial charge in [0.1, 0.15) is 10.6 Å². The van der Waals surface area contributed by atoms with Crippen molar-refractivity contribution in [3.05, 3.63) is 11.5 Å². The SMILES string of the molecule is Cc1noc(C)c1S(=O)(=O)N1CCC[C@@H](C(F)(F)F)C1. The number of aromatic nitrogens is 1. The average molecular weight is 312 g/mol. The van der Waals surface area contributed by atoms with E-state index in [0.717, 1.165) is 4.31 Å². The maximum Gasteiger partial charge on any atom is 0.393 e. The molecule has 0 spiro atoms. The first kappa shape index (κ1) is 15.3. The molecule has 0 saturated carbocycles. The number of aryl methyl sites for hydroxylation is 2. The molecule has 0 N–H and O–H groups in total. The summed E-state index contributed by atoms with van der Waals surface area (Å²) >= 11 is 0. The molecule has 0 radical (unpaired) electrons. The van der Waals surface area contributed by atoms with Crippen molar-refractivity contribution < 1.29 is 26.1 Å². The topological polar surface area (TPSA) is 63.4 Å². The molecule has 0 amide bonds. The zero-order valence-electron chi connectivity index (χ0n) is 11.1. The molecule has 0 bridgehead atoms. The van der Waals surface area contributed by atoms with Gasteiger partial charge in [-0.1, -0.05) is 5.16 Å². The number of piperidine rings is 1. The molecule has 1 saturated heterocycles. The predicted molar refractivity (Wildman–Crippen MR) is 63.5 cm³/mol. The van der Waals surface area contributed by atoms with Crippen LogP contribution in [0, 0.1) is 19.8 Å². The Labute approximate surface area is 114 Å². The molecule has 0 aromatic carbocycles. The second kappa shape index (κ2) is 5.03. The summed E-state index contributed by atoms with van der Waals surface area (Å²) in [6, 6.07) is 0. The summed E-state index contributed by atoms with van der Waals surface area (Å²) in [5.41, 5.74) is 0.164. The Hall–Kier alpha value is -1.09. The van der Waals surface area contributed by atoms with Crippen LogP contribution in [0.3, 0.4) is 0 Å². The first-order valence-electron chi connectivity index (χ1n) is 6.13. The lowest BCUT2D eigenvalue weighted by molar-refractivity contribution is -0.182. The first-order chi connectivity index (χ1) is 9.14. The van der Waals surface area contributed by atoms with Gasteiger partial charge >= 0.3 is 6.18 Å². The fraction of sp³-hybridized carbons (Fsp3) is 0.727. The molecule has 1 aromatic rings. The zero-order valence-corrected chi connectivity index (χ0v) is 11.9. The van der Waals surface area contributed by atoms with Crippen molar-refractivity contribution in [3.8, 4) is 0 Å². The Morgan fingerprint density at radius 1 is 1.35 bits per heavy atom. The standard InChI is InChI=1S/C11H15F3N2O3S/c1-7-10(8(2)19-15-7)20(17,18)16-5-3-4-9(6-16)11(12,13)14/h9H,3-6H2,1-2H3/t9-/m1/s1. The summed E-state index contributed by atoms with van der Waals surface area (Å²) in [4.78, 5) is -0.125. The summed E-state index contributed by atoms with van der Waals surface area (Å²) in [5.74, 6) is -1.52. The lowest BCUT2D eigenvalue weighted by atomic mass is 9.99. The van der Waals surface area contributed by atoms with Gasteiger partial charge in [-0.2, -0.15) is 17.5 Å². The van der Waals surface area contributed by atoms with Gasteiger partial charge in [0, 0.05) is 13.1 Å². The van der Waals surface area contributed by atoms with Crippen LogP contribution in [0.25, 0.3) is 0 Å². The van der Waals surface area contributed by atoms with Gasteiger partial charge in [0.2, 0.25) is 10.0 Å². The van der Waals surface area contributed by atoms with Gasteiger partial charge in [0.15, 0.2) is 5.76 Å². The Morgan fingerprint density at radius 2 is 2.00 bits per heavy atom. The van der Waals surface area contributed by atoms with Crippen molar-refractivity contribution in [1.82, 2.24) is 9.46 Å². The van der Waals surface area contributed by atoms with E-state index in [0.29, 0.717) is 0 Å². The molecule has 1 aliphatic heterocycles. The third-order valence-electron chi connectivity index (χ3n) is 3.41. The zero-order chi connectivity index (χ0) is 15.1. The van der Waals surface area contributed by atoms with Crippen LogP contribution in [0.2, 0.25) is 0 Å². The lowest BCUT2D eigenvalue weighted by Gasteiger charge is -2.32. The van der Waals surface area contributed by atoms with E-state index in [1.165, 1.54) is 13.8 Å². The molecule has 2 rings (SSSR count). The Bertz CT molecular complexity index is 575. The number of hydrogen-bond acceptors (Lipinski definition) is 4. The number of nitrogens with zero attached hydrogens (tertiary/aromatic N) is 2. The van der Waals surface area contributed by atoms with E-state index in [4.69, 9.17) is 4.52 Å². The van der Waals surface area contributed by atoms with E-state index in [1.807, 2.05) is 0 Å². The van der Waals surface area contributed by atoms with E-state index < -0.39 is 28.7 Å². The van der Waals surface area contributed by atoms with E-state index in [9.17, 15) is 21.6 Å². The molecule has 9 heteroatoms. The molecule has 0 unspecified atom stereocenters. The lowest BCUT2D eigenvalue weighted by Crippen LogP contribution is -2.44. The van der Waals surface area contributed by atoms with Crippen LogP contribution >= 0.6 is 0 Å². The smallest absolute Gasteiger partial charge is 0.360 e. The normalized spacial score (nSPS) is 22.1. The molecule has 1 fully saturated rings. The highest BCUT2D eigenvalue weighted by molar-refractivity contribution is 7.89. The van der Waals surface area contributed by atoms with Crippen LogP contribution < -0.4 is 0 Å². The van der Waals surface area contributed by atoms with Crippen LogP contribution in [-0.2, 0) is 10.0 Å². The number of sulfonamides is 1. The Balaban J connectivity index is 2.31. The molecule has 1 atom stereocenters. The summed E-state index contributed by atoms with van der Waals surface area (Å²) in [7, 11) is -4.00. The molecule has 114 valence electrons. The summed E-state index contributed by atoms with van der Waals surface area (Å²) in [5, 5.41) is 3.54. The van der Waals surface area contributed by atoms with Gasteiger partial charge in [-0.3, -0.25) is 0 Å². The fourth-order valence-electron chi connectivity index (χ4n) is 2.40. The number of rotatable bonds is 2. The van der Waals surface area contributed by atoms with Crippen molar-refractivity contribution >= 4 is 10.0 Å². The highest BCUT2D eigenvalue weighted by Crippen LogP contribution is 2.35. The second-order valence-electron chi connectivity index (χ2n) is 4.90. The van der Waals surface area contributed by atoms with Crippen LogP contribution in [-0.4, -0.2) is 37.1 Å². The maximum absolute atomic E-state index is 12.8. The van der Waals surface area contributed by atoms with Crippen LogP contribution in [0.1, 0.15) is 24.3 Å². The molecular weight excluding hydrogens is 297 g/mol. The van der Waals surface area contributed by atoms with Gasteiger partial charge in [-0.05, 0) is 26.7 Å². The second-order valence-corrected chi connectivity index (χ2v) is 6.77. The van der Waals surface area contributed by atoms with Crippen molar-refractivity contribution in [2.75, 3.05) is 13.1 Å². The summed E-state index contributed by atoms with van der Waals surface area (Å²) < 4.78 is 68.8. The highest BCUT2D eigenvalue weighted by Gasteiger charge is 2.45. The molecule has 1 aliphatic rings. The molecular formula is C11H15F3N2O3S. The van der Waals surface area contributed by atoms with Crippen LogP contribution in [0.15, 0.2) is 9.42 Å². The van der Waals surface area contributed by atoms with Crippen LogP contribution in [0.5, 0.6) is 0 Å². The number of alkyl halides is 3. The maximum atomic E-state index is 12.8. The van der Waals surface area contributed by atoms with E-state index in [-0.39, 0.29) is 35.7 Å². The quantitative estimate of drug-likeness (QED) is 0.840. The number of hydrogen-bond donors (Lipinski definition) is 0. The molecule has 20 heavy (non-hydrogen) atoms. The molecule has 5 nitrogen and oxygen atoms in total. The molecule has 2 heterocycles. The van der Waals surface area contributed by atoms with E-state index in [2.05, 4.69) is 5.16 Å². The van der Waals surface area contributed by atoms with Crippen LogP contribution in [0.4, 0.5) is 13.2 Å². The predicted octanol–water partition coefficient (Wildman–Crippen LogP) is 2.25.